The molecule has 0 saturated carbocycles. The average Bonchev–Trinajstić information content (AvgIpc) is 3.06. The summed E-state index contributed by atoms with van der Waals surface area (Å²) in [5, 5.41) is 11.6. The van der Waals surface area contributed by atoms with E-state index in [0.717, 1.165) is 0 Å². The van der Waals surface area contributed by atoms with Crippen LogP contribution in [-0.2, 0) is 16.1 Å². The molecule has 0 radical (unpaired) electrons. The quantitative estimate of drug-likeness (QED) is 0.310. The van der Waals surface area contributed by atoms with Crippen LogP contribution >= 0.6 is 11.6 Å². The van der Waals surface area contributed by atoms with Crippen LogP contribution in [0.15, 0.2) is 72.3 Å². The van der Waals surface area contributed by atoms with Gasteiger partial charge in [0.2, 0.25) is 0 Å². The Morgan fingerprint density at radius 3 is 2.45 bits per heavy atom. The number of halogens is 2. The van der Waals surface area contributed by atoms with Gasteiger partial charge in [-0.1, -0.05) is 41.9 Å². The topological polar surface area (TPSA) is 66.8 Å². The molecule has 1 atom stereocenters. The molecule has 1 saturated heterocycles. The first-order valence-electron chi connectivity index (χ1n) is 10.2. The van der Waals surface area contributed by atoms with Gasteiger partial charge < -0.3 is 14.7 Å². The van der Waals surface area contributed by atoms with Crippen LogP contribution in [-0.4, -0.2) is 28.8 Å². The lowest BCUT2D eigenvalue weighted by Crippen LogP contribution is -2.29. The molecular formula is C26H21ClFNO4. The minimum absolute atomic E-state index is 0.0665. The first-order valence-corrected chi connectivity index (χ1v) is 10.6. The number of hydrogen-bond acceptors (Lipinski definition) is 4. The molecule has 4 rings (SSSR count). The molecule has 7 heteroatoms. The maximum absolute atomic E-state index is 13.8. The Bertz CT molecular complexity index is 1270. The van der Waals surface area contributed by atoms with Crippen molar-refractivity contribution in [2.75, 3.05) is 7.11 Å². The number of aryl methyl sites for hydroxylation is 1. The number of aliphatic hydroxyl groups excluding tert-OH is 1. The van der Waals surface area contributed by atoms with E-state index in [1.165, 1.54) is 30.2 Å². The highest BCUT2D eigenvalue weighted by Crippen LogP contribution is 2.41. The van der Waals surface area contributed by atoms with Gasteiger partial charge in [-0.25, -0.2) is 4.39 Å². The van der Waals surface area contributed by atoms with Crippen molar-refractivity contribution in [3.63, 3.8) is 0 Å². The van der Waals surface area contributed by atoms with E-state index in [4.69, 9.17) is 16.3 Å². The summed E-state index contributed by atoms with van der Waals surface area (Å²) in [7, 11) is 1.53. The van der Waals surface area contributed by atoms with Gasteiger partial charge in [-0.15, -0.1) is 0 Å². The normalized spacial score (nSPS) is 17.5. The molecule has 3 aromatic rings. The van der Waals surface area contributed by atoms with E-state index in [1.807, 2.05) is 12.1 Å². The summed E-state index contributed by atoms with van der Waals surface area (Å²) in [6.45, 7) is 1.64. The second kappa shape index (κ2) is 9.08. The number of benzene rings is 3. The Balaban J connectivity index is 1.88. The lowest BCUT2D eigenvalue weighted by Gasteiger charge is -2.26. The molecule has 1 heterocycles. The third-order valence-electron chi connectivity index (χ3n) is 5.69. The highest BCUT2D eigenvalue weighted by atomic mass is 35.5. The van der Waals surface area contributed by atoms with E-state index in [1.54, 1.807) is 43.3 Å². The maximum Gasteiger partial charge on any atom is 0.295 e. The molecule has 1 unspecified atom stereocenters. The predicted molar refractivity (Wildman–Crippen MR) is 123 cm³/mol. The highest BCUT2D eigenvalue weighted by Gasteiger charge is 2.46. The standard InChI is InChI=1S/C26H21ClFNO4/c1-15-13-17(9-12-20(15)28)24(30)22-23(16-7-10-19(27)11-8-16)29(26(32)25(22)31)14-18-5-3-4-6-21(18)33-2/h3-13,23,30H,14H2,1-2H3/b24-22-. The van der Waals surface area contributed by atoms with Gasteiger partial charge in [0, 0.05) is 16.1 Å². The Hall–Kier alpha value is -3.64. The molecule has 0 aliphatic carbocycles. The summed E-state index contributed by atoms with van der Waals surface area (Å²) in [5.41, 5.74) is 1.81. The molecule has 1 aliphatic heterocycles. The van der Waals surface area contributed by atoms with Crippen molar-refractivity contribution in [2.24, 2.45) is 0 Å². The van der Waals surface area contributed by atoms with Crippen LogP contribution in [0.1, 0.15) is 28.3 Å². The van der Waals surface area contributed by atoms with Crippen molar-refractivity contribution >= 4 is 29.1 Å². The minimum atomic E-state index is -0.863. The summed E-state index contributed by atoms with van der Waals surface area (Å²) >= 11 is 6.05. The number of ether oxygens (including phenoxy) is 1. The number of methoxy groups -OCH3 is 1. The van der Waals surface area contributed by atoms with Gasteiger partial charge in [0.05, 0.1) is 25.3 Å². The Morgan fingerprint density at radius 2 is 1.79 bits per heavy atom. The van der Waals surface area contributed by atoms with Crippen molar-refractivity contribution < 1.29 is 23.8 Å². The van der Waals surface area contributed by atoms with Crippen molar-refractivity contribution in [3.05, 3.63) is 105 Å². The van der Waals surface area contributed by atoms with Crippen LogP contribution in [0.2, 0.25) is 5.02 Å². The van der Waals surface area contributed by atoms with Crippen molar-refractivity contribution in [1.82, 2.24) is 4.90 Å². The fourth-order valence-electron chi connectivity index (χ4n) is 4.00. The smallest absolute Gasteiger partial charge is 0.295 e. The number of likely N-dealkylation sites (tertiary alicyclic amines) is 1. The number of ketones is 1. The van der Waals surface area contributed by atoms with Gasteiger partial charge in [-0.2, -0.15) is 0 Å². The van der Waals surface area contributed by atoms with Crippen molar-refractivity contribution in [2.45, 2.75) is 19.5 Å². The third-order valence-corrected chi connectivity index (χ3v) is 5.94. The van der Waals surface area contributed by atoms with Gasteiger partial charge in [0.1, 0.15) is 17.3 Å². The van der Waals surface area contributed by atoms with Gasteiger partial charge in [0.15, 0.2) is 0 Å². The van der Waals surface area contributed by atoms with Crippen molar-refractivity contribution in [3.8, 4) is 5.75 Å². The number of amides is 1. The Morgan fingerprint density at radius 1 is 1.09 bits per heavy atom. The molecule has 1 N–H and O–H groups in total. The first kappa shape index (κ1) is 22.6. The zero-order valence-electron chi connectivity index (χ0n) is 18.0. The van der Waals surface area contributed by atoms with E-state index < -0.39 is 23.5 Å². The molecule has 33 heavy (non-hydrogen) atoms. The van der Waals surface area contributed by atoms with Gasteiger partial charge in [0.25, 0.3) is 11.7 Å². The summed E-state index contributed by atoms with van der Waals surface area (Å²) in [4.78, 5) is 27.7. The minimum Gasteiger partial charge on any atom is -0.507 e. The van der Waals surface area contributed by atoms with Crippen LogP contribution in [0.25, 0.3) is 5.76 Å². The monoisotopic (exact) mass is 465 g/mol. The van der Waals surface area contributed by atoms with E-state index in [9.17, 15) is 19.1 Å². The van der Waals surface area contributed by atoms with Crippen LogP contribution in [0.3, 0.4) is 0 Å². The third kappa shape index (κ3) is 4.22. The van der Waals surface area contributed by atoms with Crippen LogP contribution in [0, 0.1) is 12.7 Å². The fourth-order valence-corrected chi connectivity index (χ4v) is 4.13. The molecule has 168 valence electrons. The number of Topliss-reactive ketones (excluding diaryl/α,β-unsaturated/α-hetero) is 1. The van der Waals surface area contributed by atoms with Crippen LogP contribution in [0.5, 0.6) is 5.75 Å². The summed E-state index contributed by atoms with van der Waals surface area (Å²) < 4.78 is 19.2. The van der Waals surface area contributed by atoms with E-state index >= 15 is 0 Å². The zero-order chi connectivity index (χ0) is 23.7. The van der Waals surface area contributed by atoms with Gasteiger partial charge >= 0.3 is 0 Å². The Labute approximate surface area is 195 Å². The number of para-hydroxylation sites is 1. The number of hydrogen-bond donors (Lipinski definition) is 1. The second-order valence-corrected chi connectivity index (χ2v) is 8.19. The predicted octanol–water partition coefficient (Wildman–Crippen LogP) is 5.42. The molecular weight excluding hydrogens is 445 g/mol. The van der Waals surface area contributed by atoms with E-state index in [-0.39, 0.29) is 23.4 Å². The molecule has 3 aromatic carbocycles. The Kier molecular flexibility index (Phi) is 6.20. The average molecular weight is 466 g/mol. The SMILES string of the molecule is COc1ccccc1CN1C(=O)C(=O)/C(=C(\O)c2ccc(F)c(C)c2)C1c1ccc(Cl)cc1. The van der Waals surface area contributed by atoms with Crippen LogP contribution in [0.4, 0.5) is 4.39 Å². The molecule has 1 amide bonds. The molecule has 5 nitrogen and oxygen atoms in total. The molecule has 1 aliphatic rings. The fraction of sp³-hybridized carbons (Fsp3) is 0.154. The van der Waals surface area contributed by atoms with Crippen molar-refractivity contribution in [1.29, 1.82) is 0 Å². The molecule has 1 fully saturated rings. The van der Waals surface area contributed by atoms with E-state index in [2.05, 4.69) is 0 Å². The molecule has 0 aromatic heterocycles. The maximum atomic E-state index is 13.8. The zero-order valence-corrected chi connectivity index (χ0v) is 18.8. The number of carbonyl (C=O) groups is 2. The molecule has 0 bridgehead atoms. The summed E-state index contributed by atoms with van der Waals surface area (Å²) in [6.07, 6.45) is 0. The number of carbonyl (C=O) groups excluding carboxylic acids is 2. The largest absolute Gasteiger partial charge is 0.507 e. The number of aliphatic hydroxyl groups is 1. The van der Waals surface area contributed by atoms with E-state index in [0.29, 0.717) is 27.5 Å². The first-order chi connectivity index (χ1) is 15.8. The highest BCUT2D eigenvalue weighted by molar-refractivity contribution is 6.46. The van der Waals surface area contributed by atoms with Crippen LogP contribution < -0.4 is 4.74 Å². The van der Waals surface area contributed by atoms with Gasteiger partial charge in [-0.05, 0) is 54.4 Å². The number of nitrogens with zero attached hydrogens (tertiary/aromatic N) is 1. The molecule has 0 spiro atoms. The van der Waals surface area contributed by atoms with Gasteiger partial charge in [-0.3, -0.25) is 9.59 Å². The summed E-state index contributed by atoms with van der Waals surface area (Å²) in [6, 6.07) is 17.1. The second-order valence-electron chi connectivity index (χ2n) is 7.75. The lowest BCUT2D eigenvalue weighted by molar-refractivity contribution is -0.140. The number of rotatable bonds is 5. The lowest BCUT2D eigenvalue weighted by atomic mass is 9.94. The summed E-state index contributed by atoms with van der Waals surface area (Å²) in [5.74, 6) is -1.79.